The van der Waals surface area contributed by atoms with Crippen LogP contribution in [0.4, 0.5) is 0 Å². The van der Waals surface area contributed by atoms with E-state index < -0.39 is 0 Å². The van der Waals surface area contributed by atoms with Crippen LogP contribution < -0.4 is 5.32 Å². The number of tetrazole rings is 1. The van der Waals surface area contributed by atoms with E-state index in [1.54, 1.807) is 4.80 Å². The molecule has 100 valence electrons. The molecule has 0 radical (unpaired) electrons. The number of rotatable bonds is 6. The Balaban J connectivity index is 1.53. The summed E-state index contributed by atoms with van der Waals surface area (Å²) in [5.41, 5.74) is 1.01. The van der Waals surface area contributed by atoms with E-state index in [1.165, 1.54) is 12.8 Å². The molecule has 1 aromatic carbocycles. The molecular formula is C14H19N5. The second kappa shape index (κ2) is 5.48. The van der Waals surface area contributed by atoms with Gasteiger partial charge < -0.3 is 5.32 Å². The van der Waals surface area contributed by atoms with Gasteiger partial charge in [-0.3, -0.25) is 0 Å². The van der Waals surface area contributed by atoms with Gasteiger partial charge in [0.15, 0.2) is 0 Å². The van der Waals surface area contributed by atoms with Crippen molar-refractivity contribution in [3.05, 3.63) is 30.3 Å². The Morgan fingerprint density at radius 2 is 2.11 bits per heavy atom. The molecule has 1 heterocycles. The van der Waals surface area contributed by atoms with Gasteiger partial charge in [0.2, 0.25) is 5.82 Å². The monoisotopic (exact) mass is 257 g/mol. The predicted octanol–water partition coefficient (Wildman–Crippen LogP) is 1.73. The fourth-order valence-electron chi connectivity index (χ4n) is 2.20. The lowest BCUT2D eigenvalue weighted by atomic mass is 10.2. The van der Waals surface area contributed by atoms with Crippen molar-refractivity contribution < 1.29 is 0 Å². The van der Waals surface area contributed by atoms with Gasteiger partial charge in [0.05, 0.1) is 6.54 Å². The first-order valence-electron chi connectivity index (χ1n) is 6.89. The number of nitrogens with one attached hydrogen (secondary N) is 1. The molecular weight excluding hydrogens is 238 g/mol. The van der Waals surface area contributed by atoms with Crippen LogP contribution in [0.2, 0.25) is 0 Å². The van der Waals surface area contributed by atoms with Crippen molar-refractivity contribution in [2.75, 3.05) is 6.54 Å². The van der Waals surface area contributed by atoms with Gasteiger partial charge in [0.1, 0.15) is 0 Å². The highest BCUT2D eigenvalue weighted by Gasteiger charge is 2.27. The zero-order valence-electron chi connectivity index (χ0n) is 11.2. The first kappa shape index (κ1) is 12.3. The van der Waals surface area contributed by atoms with E-state index in [4.69, 9.17) is 0 Å². The smallest absolute Gasteiger partial charge is 0.204 e. The summed E-state index contributed by atoms with van der Waals surface area (Å²) in [5.74, 6) is 1.57. The van der Waals surface area contributed by atoms with Crippen molar-refractivity contribution in [3.8, 4) is 11.4 Å². The van der Waals surface area contributed by atoms with Crippen LogP contribution in [0.5, 0.6) is 0 Å². The number of benzene rings is 1. The molecule has 2 aromatic rings. The van der Waals surface area contributed by atoms with Crippen LogP contribution in [-0.4, -0.2) is 32.8 Å². The Morgan fingerprint density at radius 1 is 1.32 bits per heavy atom. The summed E-state index contributed by atoms with van der Waals surface area (Å²) in [7, 11) is 0. The molecule has 19 heavy (non-hydrogen) atoms. The summed E-state index contributed by atoms with van der Waals surface area (Å²) in [6.45, 7) is 3.90. The lowest BCUT2D eigenvalue weighted by molar-refractivity contribution is 0.437. The molecule has 1 aromatic heterocycles. The fraction of sp³-hybridized carbons (Fsp3) is 0.500. The number of hydrogen-bond acceptors (Lipinski definition) is 4. The zero-order chi connectivity index (χ0) is 13.1. The Labute approximate surface area is 113 Å². The topological polar surface area (TPSA) is 55.6 Å². The molecule has 0 saturated heterocycles. The molecule has 5 nitrogen and oxygen atoms in total. The minimum Gasteiger partial charge on any atom is -0.312 e. The van der Waals surface area contributed by atoms with Crippen LogP contribution in [-0.2, 0) is 6.54 Å². The molecule has 1 aliphatic rings. The summed E-state index contributed by atoms with van der Waals surface area (Å²) in [4.78, 5) is 1.66. The van der Waals surface area contributed by atoms with E-state index in [-0.39, 0.29) is 0 Å². The Morgan fingerprint density at radius 3 is 2.84 bits per heavy atom. The average molecular weight is 257 g/mol. The lowest BCUT2D eigenvalue weighted by Gasteiger charge is -2.11. The summed E-state index contributed by atoms with van der Waals surface area (Å²) in [5, 5.41) is 16.1. The van der Waals surface area contributed by atoms with E-state index >= 15 is 0 Å². The molecule has 1 unspecified atom stereocenters. The van der Waals surface area contributed by atoms with Crippen molar-refractivity contribution >= 4 is 0 Å². The van der Waals surface area contributed by atoms with Gasteiger partial charge in [0.25, 0.3) is 0 Å². The minimum absolute atomic E-state index is 0.608. The minimum atomic E-state index is 0.608. The molecule has 3 rings (SSSR count). The molecule has 0 bridgehead atoms. The van der Waals surface area contributed by atoms with Gasteiger partial charge in [-0.25, -0.2) is 0 Å². The molecule has 1 saturated carbocycles. The fourth-order valence-corrected chi connectivity index (χ4v) is 2.20. The van der Waals surface area contributed by atoms with Gasteiger partial charge in [0, 0.05) is 18.2 Å². The van der Waals surface area contributed by atoms with Crippen LogP contribution in [0, 0.1) is 5.92 Å². The van der Waals surface area contributed by atoms with Gasteiger partial charge in [-0.1, -0.05) is 30.3 Å². The molecule has 0 spiro atoms. The van der Waals surface area contributed by atoms with Crippen molar-refractivity contribution in [2.24, 2.45) is 5.92 Å². The molecule has 1 N–H and O–H groups in total. The third-order valence-electron chi connectivity index (χ3n) is 3.59. The quantitative estimate of drug-likeness (QED) is 0.856. The van der Waals surface area contributed by atoms with Gasteiger partial charge in [-0.2, -0.15) is 4.80 Å². The summed E-state index contributed by atoms with van der Waals surface area (Å²) >= 11 is 0. The number of hydrogen-bond donors (Lipinski definition) is 1. The number of nitrogens with zero attached hydrogens (tertiary/aromatic N) is 4. The summed E-state index contributed by atoms with van der Waals surface area (Å²) in [6, 6.07) is 10.5. The molecule has 1 fully saturated rings. The third kappa shape index (κ3) is 3.17. The highest BCUT2D eigenvalue weighted by Crippen LogP contribution is 2.32. The molecule has 5 heteroatoms. The normalized spacial score (nSPS) is 16.5. The first-order valence-corrected chi connectivity index (χ1v) is 6.89. The Kier molecular flexibility index (Phi) is 3.55. The standard InChI is InChI=1S/C14H19N5/c1-11(12-7-8-12)15-9-10-19-17-14(16-18-19)13-5-3-2-4-6-13/h2-6,11-12,15H,7-10H2,1H3. The van der Waals surface area contributed by atoms with Gasteiger partial charge in [-0.05, 0) is 30.9 Å². The second-order valence-electron chi connectivity index (χ2n) is 5.16. The SMILES string of the molecule is CC(NCCn1nnc(-c2ccccc2)n1)C1CC1. The van der Waals surface area contributed by atoms with Gasteiger partial charge in [-0.15, -0.1) is 10.2 Å². The van der Waals surface area contributed by atoms with E-state index in [0.29, 0.717) is 11.9 Å². The molecule has 0 amide bonds. The van der Waals surface area contributed by atoms with Crippen molar-refractivity contribution in [3.63, 3.8) is 0 Å². The third-order valence-corrected chi connectivity index (χ3v) is 3.59. The molecule has 1 atom stereocenters. The lowest BCUT2D eigenvalue weighted by Crippen LogP contribution is -2.31. The van der Waals surface area contributed by atoms with Crippen LogP contribution in [0.15, 0.2) is 30.3 Å². The second-order valence-corrected chi connectivity index (χ2v) is 5.16. The van der Waals surface area contributed by atoms with Crippen molar-refractivity contribution in [1.29, 1.82) is 0 Å². The highest BCUT2D eigenvalue weighted by atomic mass is 15.6. The maximum absolute atomic E-state index is 4.39. The molecule has 0 aliphatic heterocycles. The number of aromatic nitrogens is 4. The van der Waals surface area contributed by atoms with Crippen molar-refractivity contribution in [1.82, 2.24) is 25.5 Å². The van der Waals surface area contributed by atoms with E-state index in [1.807, 2.05) is 30.3 Å². The first-order chi connectivity index (χ1) is 9.33. The highest BCUT2D eigenvalue weighted by molar-refractivity contribution is 5.52. The maximum atomic E-state index is 4.39. The molecule has 1 aliphatic carbocycles. The Bertz CT molecular complexity index is 518. The Hall–Kier alpha value is -1.75. The van der Waals surface area contributed by atoms with Crippen molar-refractivity contribution in [2.45, 2.75) is 32.4 Å². The summed E-state index contributed by atoms with van der Waals surface area (Å²) in [6.07, 6.45) is 2.74. The van der Waals surface area contributed by atoms with E-state index in [2.05, 4.69) is 27.7 Å². The van der Waals surface area contributed by atoms with Crippen LogP contribution in [0.3, 0.4) is 0 Å². The van der Waals surface area contributed by atoms with Crippen LogP contribution >= 0.6 is 0 Å². The average Bonchev–Trinajstić information content (AvgIpc) is 3.20. The van der Waals surface area contributed by atoms with Crippen LogP contribution in [0.25, 0.3) is 11.4 Å². The zero-order valence-corrected chi connectivity index (χ0v) is 11.2. The maximum Gasteiger partial charge on any atom is 0.204 e. The summed E-state index contributed by atoms with van der Waals surface area (Å²) < 4.78 is 0. The van der Waals surface area contributed by atoms with Crippen LogP contribution in [0.1, 0.15) is 19.8 Å². The predicted molar refractivity (Wildman–Crippen MR) is 73.4 cm³/mol. The van der Waals surface area contributed by atoms with E-state index in [9.17, 15) is 0 Å². The largest absolute Gasteiger partial charge is 0.312 e. The van der Waals surface area contributed by atoms with E-state index in [0.717, 1.165) is 24.6 Å². The van der Waals surface area contributed by atoms with Gasteiger partial charge >= 0.3 is 0 Å².